The average molecular weight is 437 g/mol. The third kappa shape index (κ3) is 16.3. The molecule has 0 saturated heterocycles. The van der Waals surface area contributed by atoms with Crippen LogP contribution in [-0.4, -0.2) is 27.8 Å². The van der Waals surface area contributed by atoms with E-state index in [9.17, 15) is 14.2 Å². The van der Waals surface area contributed by atoms with Crippen LogP contribution in [0.4, 0.5) is 0 Å². The zero-order valence-corrected chi connectivity index (χ0v) is 18.3. The lowest BCUT2D eigenvalue weighted by Gasteiger charge is -2.15. The van der Waals surface area contributed by atoms with Gasteiger partial charge in [0, 0.05) is 23.8 Å². The van der Waals surface area contributed by atoms with Gasteiger partial charge in [-0.05, 0) is 35.3 Å². The molecule has 0 N–H and O–H groups in total. The zero-order chi connectivity index (χ0) is 18.4. The molecule has 0 aliphatic rings. The molecule has 0 aromatic carbocycles. The second kappa shape index (κ2) is 14.9. The molecular formula is C15H27Cl2O4PS2. The maximum absolute atomic E-state index is 12.0. The number of hydrogen-bond donors (Lipinski definition) is 0. The first-order chi connectivity index (χ1) is 11.3. The molecule has 0 aliphatic heterocycles. The Bertz CT molecular complexity index is 418. The molecule has 0 bridgehead atoms. The van der Waals surface area contributed by atoms with Crippen LogP contribution in [0.5, 0.6) is 0 Å². The molecule has 0 fully saturated rings. The third-order valence-electron chi connectivity index (χ3n) is 3.11. The van der Waals surface area contributed by atoms with Crippen molar-refractivity contribution < 1.29 is 18.7 Å². The summed E-state index contributed by atoms with van der Waals surface area (Å²) >= 11 is 13.1. The largest absolute Gasteiger partial charge is 0.380 e. The van der Waals surface area contributed by atoms with E-state index in [1.54, 1.807) is 0 Å². The number of carbonyl (C=O) groups excluding carboxylic acids is 2. The van der Waals surface area contributed by atoms with Gasteiger partial charge in [-0.15, -0.1) is 0 Å². The number of thioether (sulfide) groups is 2. The fourth-order valence-corrected chi connectivity index (χ4v) is 4.62. The summed E-state index contributed by atoms with van der Waals surface area (Å²) < 4.78 is 16.2. The summed E-state index contributed by atoms with van der Waals surface area (Å²) in [6.07, 6.45) is 3.28. The Morgan fingerprint density at radius 1 is 1.00 bits per heavy atom. The number of rotatable bonds is 14. The van der Waals surface area contributed by atoms with Crippen LogP contribution in [0.25, 0.3) is 0 Å². The van der Waals surface area contributed by atoms with E-state index < -0.39 is 6.07 Å². The Morgan fingerprint density at radius 3 is 2.04 bits per heavy atom. The van der Waals surface area contributed by atoms with E-state index in [2.05, 4.69) is 13.8 Å². The summed E-state index contributed by atoms with van der Waals surface area (Å²) in [5, 5.41) is -0.132. The van der Waals surface area contributed by atoms with Gasteiger partial charge in [0.05, 0.1) is 6.61 Å². The van der Waals surface area contributed by atoms with Crippen molar-refractivity contribution >= 4 is 62.3 Å². The van der Waals surface area contributed by atoms with Gasteiger partial charge < -0.3 is 4.52 Å². The van der Waals surface area contributed by atoms with Gasteiger partial charge in [0.15, 0.2) is 10.2 Å². The van der Waals surface area contributed by atoms with E-state index in [4.69, 9.17) is 27.0 Å². The highest BCUT2D eigenvalue weighted by atomic mass is 35.9. The van der Waals surface area contributed by atoms with Crippen LogP contribution in [0, 0.1) is 0 Å². The van der Waals surface area contributed by atoms with Crippen LogP contribution in [0.2, 0.25) is 0 Å². The van der Waals surface area contributed by atoms with Gasteiger partial charge in [0.25, 0.3) is 0 Å². The number of carbonyl (C=O) groups is 2. The lowest BCUT2D eigenvalue weighted by Crippen LogP contribution is -2.17. The minimum Gasteiger partial charge on any atom is -0.305 e. The molecule has 0 saturated carbocycles. The molecule has 0 aliphatic carbocycles. The van der Waals surface area contributed by atoms with Gasteiger partial charge in [-0.2, -0.15) is 0 Å². The van der Waals surface area contributed by atoms with Crippen LogP contribution < -0.4 is 0 Å². The molecule has 0 rings (SSSR count). The fraction of sp³-hybridized carbons (Fsp3) is 0.867. The fourth-order valence-electron chi connectivity index (χ4n) is 1.83. The van der Waals surface area contributed by atoms with E-state index in [-0.39, 0.29) is 22.1 Å². The van der Waals surface area contributed by atoms with E-state index in [0.717, 1.165) is 50.3 Å². The summed E-state index contributed by atoms with van der Waals surface area (Å²) in [5.41, 5.74) is 0. The molecule has 0 radical (unpaired) electrons. The number of halogens is 2. The second-order valence-electron chi connectivity index (χ2n) is 5.42. The van der Waals surface area contributed by atoms with Crippen molar-refractivity contribution in [3.63, 3.8) is 0 Å². The minimum absolute atomic E-state index is 0.0102. The van der Waals surface area contributed by atoms with Crippen molar-refractivity contribution in [1.82, 2.24) is 0 Å². The molecule has 0 aromatic heterocycles. The van der Waals surface area contributed by atoms with Crippen molar-refractivity contribution in [2.75, 3.05) is 12.4 Å². The molecule has 9 heteroatoms. The maximum atomic E-state index is 12.0. The lowest BCUT2D eigenvalue weighted by molar-refractivity contribution is -0.112. The topological polar surface area (TPSA) is 60.4 Å². The normalized spacial score (nSPS) is 13.0. The van der Waals surface area contributed by atoms with Crippen molar-refractivity contribution in [3.8, 4) is 0 Å². The van der Waals surface area contributed by atoms with Gasteiger partial charge in [0.1, 0.15) is 0 Å². The van der Waals surface area contributed by atoms with Gasteiger partial charge in [-0.3, -0.25) is 14.2 Å². The maximum Gasteiger partial charge on any atom is 0.380 e. The van der Waals surface area contributed by atoms with Crippen molar-refractivity contribution in [1.29, 1.82) is 0 Å². The minimum atomic E-state index is -3.63. The van der Waals surface area contributed by atoms with Gasteiger partial charge in [0.2, 0.25) is 0 Å². The summed E-state index contributed by atoms with van der Waals surface area (Å²) in [7, 11) is 0. The predicted octanol–water partition coefficient (Wildman–Crippen LogP) is 6.64. The van der Waals surface area contributed by atoms with Gasteiger partial charge in [-0.1, -0.05) is 63.1 Å². The molecule has 1 atom stereocenters. The molecule has 24 heavy (non-hydrogen) atoms. The number of unbranched alkanes of at least 4 members (excludes halogenated alkanes) is 4. The molecule has 4 nitrogen and oxygen atoms in total. The van der Waals surface area contributed by atoms with Crippen molar-refractivity contribution in [2.45, 2.75) is 70.5 Å². The molecular weight excluding hydrogens is 410 g/mol. The summed E-state index contributed by atoms with van der Waals surface area (Å²) in [4.78, 5) is 23.8. The third-order valence-corrected chi connectivity index (χ3v) is 6.55. The lowest BCUT2D eigenvalue weighted by atomic mass is 10.2. The van der Waals surface area contributed by atoms with E-state index >= 15 is 0 Å². The Hall–Kier alpha value is 0.810. The first-order valence-electron chi connectivity index (χ1n) is 8.27. The van der Waals surface area contributed by atoms with E-state index in [0.29, 0.717) is 18.6 Å². The molecule has 0 amide bonds. The molecule has 0 aromatic rings. The van der Waals surface area contributed by atoms with E-state index in [1.165, 1.54) is 11.8 Å². The Kier molecular flexibility index (Phi) is 15.4. The highest BCUT2D eigenvalue weighted by Crippen LogP contribution is 2.57. The van der Waals surface area contributed by atoms with E-state index in [1.807, 2.05) is 0 Å². The second-order valence-corrected chi connectivity index (χ2v) is 12.1. The Labute approximate surface area is 163 Å². The molecule has 0 spiro atoms. The summed E-state index contributed by atoms with van der Waals surface area (Å²) in [5.74, 6) is 0.420. The first-order valence-corrected chi connectivity index (χ1v) is 13.6. The zero-order valence-electron chi connectivity index (χ0n) is 14.3. The SMILES string of the molecule is CCCCCC(=O)SC[C@H](COP(=O)(Cl)Cl)SC(=O)CCCCC. The highest BCUT2D eigenvalue weighted by molar-refractivity contribution is 8.17. The van der Waals surface area contributed by atoms with Crippen LogP contribution >= 0.6 is 52.1 Å². The summed E-state index contributed by atoms with van der Waals surface area (Å²) in [6.45, 7) is 4.15. The smallest absolute Gasteiger partial charge is 0.305 e. The highest BCUT2D eigenvalue weighted by Gasteiger charge is 2.22. The monoisotopic (exact) mass is 436 g/mol. The van der Waals surface area contributed by atoms with Gasteiger partial charge >= 0.3 is 6.07 Å². The van der Waals surface area contributed by atoms with Crippen LogP contribution in [0.15, 0.2) is 0 Å². The first kappa shape index (κ1) is 24.8. The Balaban J connectivity index is 4.33. The van der Waals surface area contributed by atoms with Crippen molar-refractivity contribution in [2.24, 2.45) is 0 Å². The summed E-state index contributed by atoms with van der Waals surface area (Å²) in [6, 6.07) is 0. The average Bonchev–Trinajstić information content (AvgIpc) is 2.49. The standard InChI is InChI=1S/C15H27Cl2O4PS2/c1-3-5-7-9-14(18)23-12-13(11-21-22(16,17)20)24-15(19)10-8-6-4-2/h13H,3-12H2,1-2H3/t13-/m0/s1. The van der Waals surface area contributed by atoms with Crippen LogP contribution in [0.3, 0.4) is 0 Å². The molecule has 0 heterocycles. The predicted molar refractivity (Wildman–Crippen MR) is 107 cm³/mol. The van der Waals surface area contributed by atoms with Crippen molar-refractivity contribution in [3.05, 3.63) is 0 Å². The van der Waals surface area contributed by atoms with Crippen LogP contribution in [0.1, 0.15) is 65.2 Å². The Morgan fingerprint density at radius 2 is 1.54 bits per heavy atom. The van der Waals surface area contributed by atoms with Gasteiger partial charge in [-0.25, -0.2) is 0 Å². The molecule has 142 valence electrons. The quantitative estimate of drug-likeness (QED) is 0.224. The number of hydrogen-bond acceptors (Lipinski definition) is 6. The molecule has 0 unspecified atom stereocenters. The van der Waals surface area contributed by atoms with Crippen LogP contribution in [-0.2, 0) is 18.7 Å².